The molecule has 0 radical (unpaired) electrons. The number of carbonyl (C=O) groups excluding carboxylic acids is 2. The predicted molar refractivity (Wildman–Crippen MR) is 102 cm³/mol. The number of nitrogens with one attached hydrogen (secondary N) is 1. The number of para-hydroxylation sites is 1. The standard InChI is InChI=1S/C22H23NO3/c1-3-16-8-10-17(11-9-16)22(25)15(2)26-21(24)13-12-18-14-23-20-7-5-4-6-19(18)20/h4-11,14-15,23H,3,12-13H2,1-2H3/t15-/m1/s1. The average Bonchev–Trinajstić information content (AvgIpc) is 3.09. The molecular weight excluding hydrogens is 326 g/mol. The molecule has 0 fully saturated rings. The zero-order chi connectivity index (χ0) is 18.5. The molecule has 0 saturated heterocycles. The Balaban J connectivity index is 1.56. The number of rotatable bonds is 7. The largest absolute Gasteiger partial charge is 0.454 e. The first-order valence-electron chi connectivity index (χ1n) is 8.96. The molecule has 26 heavy (non-hydrogen) atoms. The summed E-state index contributed by atoms with van der Waals surface area (Å²) >= 11 is 0. The summed E-state index contributed by atoms with van der Waals surface area (Å²) in [4.78, 5) is 27.7. The Morgan fingerprint density at radius 2 is 1.81 bits per heavy atom. The molecule has 3 rings (SSSR count). The quantitative estimate of drug-likeness (QED) is 0.505. The van der Waals surface area contributed by atoms with Crippen LogP contribution in [-0.2, 0) is 22.4 Å². The number of aryl methyl sites for hydroxylation is 2. The van der Waals surface area contributed by atoms with Gasteiger partial charge in [0.1, 0.15) is 0 Å². The molecule has 2 aromatic carbocycles. The number of benzene rings is 2. The number of hydrogen-bond donors (Lipinski definition) is 1. The molecule has 0 amide bonds. The zero-order valence-electron chi connectivity index (χ0n) is 15.1. The van der Waals surface area contributed by atoms with Gasteiger partial charge in [0.25, 0.3) is 0 Å². The number of aromatic nitrogens is 1. The summed E-state index contributed by atoms with van der Waals surface area (Å²) in [7, 11) is 0. The Kier molecular flexibility index (Phi) is 5.52. The number of ketones is 1. The van der Waals surface area contributed by atoms with Crippen molar-refractivity contribution >= 4 is 22.7 Å². The van der Waals surface area contributed by atoms with Gasteiger partial charge in [-0.3, -0.25) is 9.59 Å². The molecule has 134 valence electrons. The fraction of sp³-hybridized carbons (Fsp3) is 0.273. The highest BCUT2D eigenvalue weighted by Gasteiger charge is 2.19. The molecule has 0 spiro atoms. The van der Waals surface area contributed by atoms with Crippen molar-refractivity contribution in [1.82, 2.24) is 4.98 Å². The molecule has 3 aromatic rings. The van der Waals surface area contributed by atoms with Gasteiger partial charge in [-0.05, 0) is 37.0 Å². The highest BCUT2D eigenvalue weighted by molar-refractivity contribution is 6.00. The number of H-pyrrole nitrogens is 1. The van der Waals surface area contributed by atoms with Crippen LogP contribution >= 0.6 is 0 Å². The second kappa shape index (κ2) is 8.00. The normalized spacial score (nSPS) is 12.1. The molecule has 0 aliphatic heterocycles. The first-order chi connectivity index (χ1) is 12.6. The third-order valence-electron chi connectivity index (χ3n) is 4.60. The summed E-state index contributed by atoms with van der Waals surface area (Å²) in [5.74, 6) is -0.533. The third-order valence-corrected chi connectivity index (χ3v) is 4.60. The van der Waals surface area contributed by atoms with Crippen molar-refractivity contribution in [2.45, 2.75) is 39.2 Å². The summed E-state index contributed by atoms with van der Waals surface area (Å²) in [6, 6.07) is 15.4. The first-order valence-corrected chi connectivity index (χ1v) is 8.96. The Labute approximate surface area is 153 Å². The van der Waals surface area contributed by atoms with Crippen molar-refractivity contribution in [3.05, 3.63) is 71.4 Å². The second-order valence-corrected chi connectivity index (χ2v) is 6.41. The van der Waals surface area contributed by atoms with E-state index in [-0.39, 0.29) is 18.2 Å². The van der Waals surface area contributed by atoms with Crippen LogP contribution in [0.4, 0.5) is 0 Å². The van der Waals surface area contributed by atoms with E-state index in [0.29, 0.717) is 12.0 Å². The number of fused-ring (bicyclic) bond motifs is 1. The van der Waals surface area contributed by atoms with Crippen LogP contribution in [0.15, 0.2) is 54.7 Å². The minimum Gasteiger partial charge on any atom is -0.454 e. The van der Waals surface area contributed by atoms with Crippen molar-refractivity contribution in [2.75, 3.05) is 0 Å². The van der Waals surface area contributed by atoms with E-state index in [1.165, 1.54) is 5.56 Å². The maximum Gasteiger partial charge on any atom is 0.306 e. The smallest absolute Gasteiger partial charge is 0.306 e. The molecule has 1 N–H and O–H groups in total. The SMILES string of the molecule is CCc1ccc(C(=O)[C@@H](C)OC(=O)CCc2c[nH]c3ccccc23)cc1. The summed E-state index contributed by atoms with van der Waals surface area (Å²) in [6.07, 6.45) is 2.88. The minimum atomic E-state index is -0.780. The molecule has 0 aliphatic carbocycles. The maximum atomic E-state index is 12.4. The van der Waals surface area contributed by atoms with Gasteiger partial charge in [0.15, 0.2) is 6.10 Å². The van der Waals surface area contributed by atoms with E-state index < -0.39 is 6.10 Å². The van der Waals surface area contributed by atoms with E-state index in [9.17, 15) is 9.59 Å². The van der Waals surface area contributed by atoms with Crippen LogP contribution in [0.2, 0.25) is 0 Å². The lowest BCUT2D eigenvalue weighted by molar-refractivity contribution is -0.146. The molecule has 0 unspecified atom stereocenters. The van der Waals surface area contributed by atoms with E-state index in [2.05, 4.69) is 11.9 Å². The zero-order valence-corrected chi connectivity index (χ0v) is 15.1. The number of aromatic amines is 1. The summed E-state index contributed by atoms with van der Waals surface area (Å²) in [5, 5.41) is 1.11. The second-order valence-electron chi connectivity index (χ2n) is 6.41. The van der Waals surface area contributed by atoms with E-state index in [1.807, 2.05) is 42.6 Å². The molecule has 0 aliphatic rings. The topological polar surface area (TPSA) is 59.2 Å². The van der Waals surface area contributed by atoms with Gasteiger partial charge in [-0.25, -0.2) is 0 Å². The van der Waals surface area contributed by atoms with Gasteiger partial charge in [-0.1, -0.05) is 49.4 Å². The molecule has 1 aromatic heterocycles. The highest BCUT2D eigenvalue weighted by atomic mass is 16.5. The number of esters is 1. The Bertz CT molecular complexity index is 909. The van der Waals surface area contributed by atoms with Crippen LogP contribution < -0.4 is 0 Å². The van der Waals surface area contributed by atoms with E-state index >= 15 is 0 Å². The van der Waals surface area contributed by atoms with Crippen LogP contribution in [-0.4, -0.2) is 22.8 Å². The van der Waals surface area contributed by atoms with Crippen LogP contribution in [0, 0.1) is 0 Å². The lowest BCUT2D eigenvalue weighted by Gasteiger charge is -2.12. The third kappa shape index (κ3) is 4.02. The molecule has 1 atom stereocenters. The van der Waals surface area contributed by atoms with E-state index in [4.69, 9.17) is 4.74 Å². The predicted octanol–water partition coefficient (Wildman–Crippen LogP) is 4.48. The van der Waals surface area contributed by atoms with Crippen molar-refractivity contribution in [3.8, 4) is 0 Å². The van der Waals surface area contributed by atoms with Gasteiger partial charge in [-0.15, -0.1) is 0 Å². The highest BCUT2D eigenvalue weighted by Crippen LogP contribution is 2.19. The van der Waals surface area contributed by atoms with Gasteiger partial charge in [0.2, 0.25) is 5.78 Å². The van der Waals surface area contributed by atoms with Gasteiger partial charge in [0.05, 0.1) is 0 Å². The minimum absolute atomic E-state index is 0.173. The molecular formula is C22H23NO3. The molecule has 0 bridgehead atoms. The van der Waals surface area contributed by atoms with Crippen molar-refractivity contribution in [2.24, 2.45) is 0 Å². The van der Waals surface area contributed by atoms with Crippen LogP contribution in [0.5, 0.6) is 0 Å². The average molecular weight is 349 g/mol. The number of hydrogen-bond acceptors (Lipinski definition) is 3. The van der Waals surface area contributed by atoms with Crippen molar-refractivity contribution in [3.63, 3.8) is 0 Å². The fourth-order valence-electron chi connectivity index (χ4n) is 3.02. The van der Waals surface area contributed by atoms with Crippen LogP contribution in [0.3, 0.4) is 0 Å². The number of carbonyl (C=O) groups is 2. The lowest BCUT2D eigenvalue weighted by Crippen LogP contribution is -2.24. The summed E-state index contributed by atoms with van der Waals surface area (Å²) < 4.78 is 5.33. The summed E-state index contributed by atoms with van der Waals surface area (Å²) in [6.45, 7) is 3.69. The molecule has 4 heteroatoms. The van der Waals surface area contributed by atoms with E-state index in [0.717, 1.165) is 22.9 Å². The number of ether oxygens (including phenoxy) is 1. The monoisotopic (exact) mass is 349 g/mol. The van der Waals surface area contributed by atoms with Gasteiger partial charge in [0, 0.05) is 29.1 Å². The Morgan fingerprint density at radius 1 is 1.08 bits per heavy atom. The van der Waals surface area contributed by atoms with Crippen LogP contribution in [0.1, 0.15) is 41.8 Å². The first kappa shape index (κ1) is 17.9. The van der Waals surface area contributed by atoms with Crippen molar-refractivity contribution < 1.29 is 14.3 Å². The Hall–Kier alpha value is -2.88. The van der Waals surface area contributed by atoms with Gasteiger partial charge < -0.3 is 9.72 Å². The van der Waals surface area contributed by atoms with Gasteiger partial charge >= 0.3 is 5.97 Å². The molecule has 4 nitrogen and oxygen atoms in total. The van der Waals surface area contributed by atoms with E-state index in [1.54, 1.807) is 19.1 Å². The van der Waals surface area contributed by atoms with Gasteiger partial charge in [-0.2, -0.15) is 0 Å². The fourth-order valence-corrected chi connectivity index (χ4v) is 3.02. The van der Waals surface area contributed by atoms with Crippen LogP contribution in [0.25, 0.3) is 10.9 Å². The van der Waals surface area contributed by atoms with Crippen molar-refractivity contribution in [1.29, 1.82) is 0 Å². The number of Topliss-reactive ketones (excluding diaryl/α,β-unsaturated/α-hetero) is 1. The molecule has 0 saturated carbocycles. The summed E-state index contributed by atoms with van der Waals surface area (Å²) in [5.41, 5.74) is 3.87. The lowest BCUT2D eigenvalue weighted by atomic mass is 10.0. The maximum absolute atomic E-state index is 12.4. The Morgan fingerprint density at radius 3 is 2.54 bits per heavy atom. The molecule has 1 heterocycles.